The first kappa shape index (κ1) is 25.3. The van der Waals surface area contributed by atoms with Gasteiger partial charge < -0.3 is 15.3 Å². The number of carboxylic acids is 2. The second-order valence-corrected chi connectivity index (χ2v) is 14.8. The molecule has 0 saturated heterocycles. The van der Waals surface area contributed by atoms with Crippen LogP contribution in [-0.2, 0) is 9.59 Å². The summed E-state index contributed by atoms with van der Waals surface area (Å²) < 4.78 is 0. The van der Waals surface area contributed by atoms with Gasteiger partial charge in [0.25, 0.3) is 0 Å². The van der Waals surface area contributed by atoms with E-state index in [0.29, 0.717) is 24.7 Å². The van der Waals surface area contributed by atoms with Gasteiger partial charge in [0.1, 0.15) is 0 Å². The van der Waals surface area contributed by atoms with Gasteiger partial charge in [-0.25, -0.2) is 0 Å². The van der Waals surface area contributed by atoms with Gasteiger partial charge in [-0.15, -0.1) is 0 Å². The molecule has 0 aromatic carbocycles. The molecule has 10 atom stereocenters. The van der Waals surface area contributed by atoms with Gasteiger partial charge in [-0.3, -0.25) is 9.59 Å². The predicted molar refractivity (Wildman–Crippen MR) is 135 cm³/mol. The van der Waals surface area contributed by atoms with Gasteiger partial charge in [-0.1, -0.05) is 53.2 Å². The Labute approximate surface area is 210 Å². The fourth-order valence-electron chi connectivity index (χ4n) is 11.1. The van der Waals surface area contributed by atoms with Crippen LogP contribution in [0, 0.1) is 56.7 Å². The zero-order valence-electron chi connectivity index (χ0n) is 22.8. The van der Waals surface area contributed by atoms with Crippen LogP contribution in [0.2, 0.25) is 0 Å². The lowest BCUT2D eigenvalue weighted by molar-refractivity contribution is -0.198. The standard InChI is InChI=1S/C30H46O5/c1-17-10-13-30(24(33)34)15-14-27(5)18(22(30)29(17,7)35)8-9-21-26(4)16-19(23(31)32)25(2,3)20(26)11-12-28(21,27)6/h8,17,19-22,35H,9-16H2,1-7H3,(H,31,32)(H,33,34). The monoisotopic (exact) mass is 486 g/mol. The number of aliphatic hydroxyl groups is 1. The maximum Gasteiger partial charge on any atom is 0.310 e. The average molecular weight is 487 g/mol. The second-order valence-electron chi connectivity index (χ2n) is 14.8. The highest BCUT2D eigenvalue weighted by Crippen LogP contribution is 2.77. The lowest BCUT2D eigenvalue weighted by atomic mass is 9.35. The molecule has 3 N–H and O–H groups in total. The van der Waals surface area contributed by atoms with Crippen LogP contribution in [0.3, 0.4) is 0 Å². The van der Waals surface area contributed by atoms with Crippen LogP contribution >= 0.6 is 0 Å². The van der Waals surface area contributed by atoms with Gasteiger partial charge in [0.2, 0.25) is 0 Å². The summed E-state index contributed by atoms with van der Waals surface area (Å²) in [4.78, 5) is 25.1. The van der Waals surface area contributed by atoms with E-state index >= 15 is 0 Å². The molecule has 196 valence electrons. The number of carbonyl (C=O) groups is 2. The van der Waals surface area contributed by atoms with E-state index in [1.807, 2.05) is 6.92 Å². The van der Waals surface area contributed by atoms with Crippen LogP contribution in [-0.4, -0.2) is 32.9 Å². The van der Waals surface area contributed by atoms with Gasteiger partial charge >= 0.3 is 11.9 Å². The fourth-order valence-corrected chi connectivity index (χ4v) is 11.1. The Kier molecular flexibility index (Phi) is 5.16. The van der Waals surface area contributed by atoms with E-state index in [1.54, 1.807) is 0 Å². The molecular weight excluding hydrogens is 440 g/mol. The molecule has 0 aromatic heterocycles. The first-order valence-corrected chi connectivity index (χ1v) is 13.9. The number of aliphatic carboxylic acids is 2. The van der Waals surface area contributed by atoms with E-state index in [9.17, 15) is 24.9 Å². The van der Waals surface area contributed by atoms with Crippen molar-refractivity contribution in [1.82, 2.24) is 0 Å². The molecule has 5 aliphatic rings. The molecule has 0 aliphatic heterocycles. The molecule has 4 saturated carbocycles. The smallest absolute Gasteiger partial charge is 0.310 e. The summed E-state index contributed by atoms with van der Waals surface area (Å²) in [7, 11) is 0. The summed E-state index contributed by atoms with van der Waals surface area (Å²) in [5, 5.41) is 32.5. The number of hydrogen-bond donors (Lipinski definition) is 3. The predicted octanol–water partition coefficient (Wildman–Crippen LogP) is 6.15. The van der Waals surface area contributed by atoms with Crippen molar-refractivity contribution in [2.75, 3.05) is 0 Å². The highest BCUT2D eigenvalue weighted by molar-refractivity contribution is 5.77. The summed E-state index contributed by atoms with van der Waals surface area (Å²) in [5.41, 5.74) is -1.30. The van der Waals surface area contributed by atoms with E-state index in [-0.39, 0.29) is 39.4 Å². The Hall–Kier alpha value is -1.36. The van der Waals surface area contributed by atoms with E-state index in [2.05, 4.69) is 47.6 Å². The summed E-state index contributed by atoms with van der Waals surface area (Å²) in [5.74, 6) is -1.34. The molecule has 5 rings (SSSR count). The molecule has 0 spiro atoms. The van der Waals surface area contributed by atoms with Crippen LogP contribution in [0.4, 0.5) is 0 Å². The molecule has 35 heavy (non-hydrogen) atoms. The molecule has 0 amide bonds. The summed E-state index contributed by atoms with van der Waals surface area (Å²) in [6.45, 7) is 15.4. The Bertz CT molecular complexity index is 995. The Morgan fingerprint density at radius 3 is 2.17 bits per heavy atom. The van der Waals surface area contributed by atoms with Gasteiger partial charge in [0.05, 0.1) is 16.9 Å². The van der Waals surface area contributed by atoms with E-state index < -0.39 is 23.0 Å². The summed E-state index contributed by atoms with van der Waals surface area (Å²) >= 11 is 0. The van der Waals surface area contributed by atoms with Crippen molar-refractivity contribution < 1.29 is 24.9 Å². The van der Waals surface area contributed by atoms with Crippen LogP contribution < -0.4 is 0 Å². The Morgan fingerprint density at radius 1 is 0.914 bits per heavy atom. The summed E-state index contributed by atoms with van der Waals surface area (Å²) in [6, 6.07) is 0. The molecule has 5 aliphatic carbocycles. The third-order valence-electron chi connectivity index (χ3n) is 13.5. The van der Waals surface area contributed by atoms with E-state index in [4.69, 9.17) is 0 Å². The van der Waals surface area contributed by atoms with Crippen LogP contribution in [0.5, 0.6) is 0 Å². The van der Waals surface area contributed by atoms with Crippen molar-refractivity contribution in [3.63, 3.8) is 0 Å². The van der Waals surface area contributed by atoms with Crippen molar-refractivity contribution in [3.05, 3.63) is 11.6 Å². The molecule has 5 nitrogen and oxygen atoms in total. The minimum absolute atomic E-state index is 0.0484. The molecule has 4 fully saturated rings. The lowest BCUT2D eigenvalue weighted by Gasteiger charge is -2.69. The van der Waals surface area contributed by atoms with E-state index in [0.717, 1.165) is 38.5 Å². The molecular formula is C30H46O5. The first-order chi connectivity index (χ1) is 16.0. The molecule has 0 bridgehead atoms. The number of hydrogen-bond acceptors (Lipinski definition) is 3. The second kappa shape index (κ2) is 7.14. The molecule has 10 unspecified atom stereocenters. The minimum Gasteiger partial charge on any atom is -0.481 e. The normalized spacial score (nSPS) is 54.5. The summed E-state index contributed by atoms with van der Waals surface area (Å²) in [6.07, 6.45) is 8.76. The topological polar surface area (TPSA) is 94.8 Å². The highest BCUT2D eigenvalue weighted by Gasteiger charge is 2.72. The zero-order chi connectivity index (χ0) is 26.0. The maximum atomic E-state index is 12.8. The molecule has 0 heterocycles. The zero-order valence-corrected chi connectivity index (χ0v) is 22.8. The average Bonchev–Trinajstić information content (AvgIpc) is 2.97. The quantitative estimate of drug-likeness (QED) is 0.407. The Balaban J connectivity index is 1.64. The van der Waals surface area contributed by atoms with Gasteiger partial charge in [0, 0.05) is 5.92 Å². The first-order valence-electron chi connectivity index (χ1n) is 13.9. The number of fused-ring (bicyclic) bond motifs is 7. The number of allylic oxidation sites excluding steroid dienone is 1. The van der Waals surface area contributed by atoms with E-state index in [1.165, 1.54) is 5.57 Å². The molecule has 5 heteroatoms. The third kappa shape index (κ3) is 2.80. The van der Waals surface area contributed by atoms with Crippen molar-refractivity contribution in [2.45, 2.75) is 105 Å². The fraction of sp³-hybridized carbons (Fsp3) is 0.867. The third-order valence-corrected chi connectivity index (χ3v) is 13.5. The van der Waals surface area contributed by atoms with Crippen molar-refractivity contribution >= 4 is 11.9 Å². The maximum absolute atomic E-state index is 12.8. The van der Waals surface area contributed by atoms with Crippen molar-refractivity contribution in [1.29, 1.82) is 0 Å². The number of rotatable bonds is 2. The Morgan fingerprint density at radius 2 is 1.57 bits per heavy atom. The minimum atomic E-state index is -1.06. The van der Waals surface area contributed by atoms with Crippen molar-refractivity contribution in [3.8, 4) is 0 Å². The van der Waals surface area contributed by atoms with Crippen molar-refractivity contribution in [2.24, 2.45) is 56.7 Å². The van der Waals surface area contributed by atoms with Gasteiger partial charge in [0.15, 0.2) is 0 Å². The molecule has 0 aromatic rings. The largest absolute Gasteiger partial charge is 0.481 e. The van der Waals surface area contributed by atoms with Gasteiger partial charge in [-0.2, -0.15) is 0 Å². The van der Waals surface area contributed by atoms with Crippen LogP contribution in [0.15, 0.2) is 11.6 Å². The lowest BCUT2D eigenvalue weighted by Crippen LogP contribution is -2.66. The van der Waals surface area contributed by atoms with Crippen LogP contribution in [0.1, 0.15) is 99.8 Å². The van der Waals surface area contributed by atoms with Crippen LogP contribution in [0.25, 0.3) is 0 Å². The number of carboxylic acid groups (broad SMARTS) is 2. The SMILES string of the molecule is CC1CCC2(C(=O)O)CCC3(C)C(=CCC4C5(C)CC(C(=O)O)C(C)(C)C5CCC43C)C2C1(C)O. The molecule has 0 radical (unpaired) electrons. The van der Waals surface area contributed by atoms with Gasteiger partial charge in [-0.05, 0) is 97.7 Å². The highest BCUT2D eigenvalue weighted by atomic mass is 16.4.